The van der Waals surface area contributed by atoms with E-state index in [0.29, 0.717) is 52.4 Å². The second-order valence-corrected chi connectivity index (χ2v) is 33.7. The Hall–Kier alpha value is -6.10. The summed E-state index contributed by atoms with van der Waals surface area (Å²) in [7, 11) is -2.99. The Bertz CT molecular complexity index is 3180. The van der Waals surface area contributed by atoms with E-state index in [2.05, 4.69) is 79.5 Å². The van der Waals surface area contributed by atoms with Crippen molar-refractivity contribution >= 4 is 87.7 Å². The smallest absolute Gasteiger partial charge is 0.338 e. The third-order valence-corrected chi connectivity index (χ3v) is 16.1. The molecule has 0 aromatic carbocycles. The lowest BCUT2D eigenvalue weighted by atomic mass is 10.3. The quantitative estimate of drug-likeness (QED) is 0.0493. The van der Waals surface area contributed by atoms with Crippen molar-refractivity contribution in [1.29, 1.82) is 0 Å². The minimum atomic E-state index is -3.47. The number of rotatable bonds is 17. The number of hydrogen-bond acceptors (Lipinski definition) is 18. The van der Waals surface area contributed by atoms with E-state index in [0.717, 1.165) is 64.8 Å². The number of thiophene rings is 2. The van der Waals surface area contributed by atoms with Gasteiger partial charge in [0.15, 0.2) is 32.0 Å². The first-order valence-electron chi connectivity index (χ1n) is 22.0. The summed E-state index contributed by atoms with van der Waals surface area (Å²) in [5, 5.41) is 16.9. The number of nitrogens with one attached hydrogen (secondary N) is 1. The SMILES string of the molecule is COC(=O)c1csc(N)c1.COC(=O)c1csc(Nc2nc(C)cn3c(-c4cnn(COCC[Si](C)(C)C)c4)cnc23)c1.Cc1cn2c(-c3cnn(COCC[Si](C)(C)C)c3)cnc2c(S(C)(=O)=O)n1. The summed E-state index contributed by atoms with van der Waals surface area (Å²) in [5.41, 5.74) is 12.3. The van der Waals surface area contributed by atoms with Gasteiger partial charge in [0, 0.05) is 82.3 Å². The molecule has 8 aromatic heterocycles. The standard InChI is InChI=1S/C22H28N6O3SSi.C17H25N5O3SSi.C6H7NO2S/c1-15-11-28-18(17-9-24-27(12-17)14-31-6-7-33(3,4)5)10-23-21(28)20(25-15)26-19-8-16(13-32-19)22(29)30-2;1-13-10-22-15(9-18-16(22)17(20-13)26(2,23)24)14-8-19-21(11-14)12-25-6-7-27(3,4)5;1-9-6(8)4-2-5(7)10-3-4/h8-13H,6-7,14H2,1-5H3,(H,25,26);8-11H,6-7,12H2,1-5H3;2-3H,7H2,1H3. The highest BCUT2D eigenvalue weighted by atomic mass is 32.2. The largest absolute Gasteiger partial charge is 0.465 e. The van der Waals surface area contributed by atoms with Gasteiger partial charge in [0.05, 0.1) is 82.9 Å². The molecule has 0 atom stereocenters. The Balaban J connectivity index is 0.000000194. The normalized spacial score (nSPS) is 11.8. The number of imidazole rings is 2. The molecule has 0 unspecified atom stereocenters. The van der Waals surface area contributed by atoms with Gasteiger partial charge in [-0.2, -0.15) is 10.2 Å². The molecule has 8 heterocycles. The Labute approximate surface area is 416 Å². The molecule has 0 aliphatic rings. The maximum Gasteiger partial charge on any atom is 0.338 e. The van der Waals surface area contributed by atoms with Gasteiger partial charge in [-0.1, -0.05) is 39.3 Å². The summed E-state index contributed by atoms with van der Waals surface area (Å²) in [6, 6.07) is 5.57. The molecule has 374 valence electrons. The molecular weight excluding hydrogens is 989 g/mol. The zero-order valence-corrected chi connectivity index (χ0v) is 45.7. The Morgan fingerprint density at radius 3 is 1.67 bits per heavy atom. The van der Waals surface area contributed by atoms with E-state index in [4.69, 9.17) is 19.9 Å². The molecule has 0 aliphatic heterocycles. The number of nitrogen functional groups attached to an aromatic ring is 1. The number of methoxy groups -OCH3 is 2. The van der Waals surface area contributed by atoms with Crippen LogP contribution in [0.4, 0.5) is 15.8 Å². The summed E-state index contributed by atoms with van der Waals surface area (Å²) < 4.78 is 52.1. The highest BCUT2D eigenvalue weighted by Gasteiger charge is 2.21. The molecular formula is C45H60N12O8S3Si2. The molecule has 0 saturated heterocycles. The number of nitrogens with zero attached hydrogens (tertiary/aromatic N) is 10. The molecule has 0 aliphatic carbocycles. The summed E-state index contributed by atoms with van der Waals surface area (Å²) in [4.78, 5) is 40.1. The molecule has 70 heavy (non-hydrogen) atoms. The minimum Gasteiger partial charge on any atom is -0.465 e. The van der Waals surface area contributed by atoms with Crippen LogP contribution >= 0.6 is 22.7 Å². The zero-order valence-electron chi connectivity index (χ0n) is 41.2. The van der Waals surface area contributed by atoms with Crippen LogP contribution in [0.1, 0.15) is 32.1 Å². The fourth-order valence-corrected chi connectivity index (χ4v) is 10.2. The summed E-state index contributed by atoms with van der Waals surface area (Å²) in [6.45, 7) is 19.9. The summed E-state index contributed by atoms with van der Waals surface area (Å²) >= 11 is 2.73. The third kappa shape index (κ3) is 14.5. The van der Waals surface area contributed by atoms with Gasteiger partial charge in [0.1, 0.15) is 13.5 Å². The molecule has 20 nitrogen and oxygen atoms in total. The van der Waals surface area contributed by atoms with Crippen molar-refractivity contribution < 1.29 is 37.0 Å². The van der Waals surface area contributed by atoms with E-state index >= 15 is 0 Å². The van der Waals surface area contributed by atoms with Gasteiger partial charge in [-0.05, 0) is 38.1 Å². The Morgan fingerprint density at radius 2 is 1.19 bits per heavy atom. The van der Waals surface area contributed by atoms with Crippen LogP contribution < -0.4 is 11.1 Å². The second-order valence-electron chi connectivity index (χ2n) is 18.6. The number of hydrogen-bond donors (Lipinski definition) is 2. The molecule has 25 heteroatoms. The third-order valence-electron chi connectivity index (χ3n) is 10.1. The van der Waals surface area contributed by atoms with Gasteiger partial charge in [-0.3, -0.25) is 8.80 Å². The molecule has 0 bridgehead atoms. The number of carbonyl (C=O) groups is 2. The average Bonchev–Trinajstić information content (AvgIpc) is 4.15. The fourth-order valence-electron chi connectivity index (χ4n) is 6.47. The molecule has 8 rings (SSSR count). The number of anilines is 3. The van der Waals surface area contributed by atoms with Gasteiger partial charge in [0.25, 0.3) is 0 Å². The number of aryl methyl sites for hydroxylation is 2. The van der Waals surface area contributed by atoms with Crippen LogP contribution in [0.5, 0.6) is 0 Å². The maximum absolute atomic E-state index is 12.0. The number of aromatic nitrogens is 10. The van der Waals surface area contributed by atoms with Crippen LogP contribution in [0.15, 0.2) is 77.5 Å². The molecule has 8 aromatic rings. The van der Waals surface area contributed by atoms with E-state index in [1.54, 1.807) is 62.2 Å². The van der Waals surface area contributed by atoms with Crippen LogP contribution in [0, 0.1) is 13.8 Å². The number of ether oxygens (including phenoxy) is 4. The average molecular weight is 1050 g/mol. The highest BCUT2D eigenvalue weighted by molar-refractivity contribution is 7.90. The molecule has 0 saturated carbocycles. The van der Waals surface area contributed by atoms with Crippen molar-refractivity contribution in [3.05, 3.63) is 95.0 Å². The van der Waals surface area contributed by atoms with E-state index in [1.807, 2.05) is 42.3 Å². The van der Waals surface area contributed by atoms with Crippen molar-refractivity contribution in [2.75, 3.05) is 44.7 Å². The van der Waals surface area contributed by atoms with Gasteiger partial charge in [-0.15, -0.1) is 22.7 Å². The first-order valence-corrected chi connectivity index (χ1v) is 33.0. The van der Waals surface area contributed by atoms with Crippen molar-refractivity contribution in [3.63, 3.8) is 0 Å². The minimum absolute atomic E-state index is 0.0178. The molecule has 0 radical (unpaired) electrons. The lowest BCUT2D eigenvalue weighted by Gasteiger charge is -2.15. The molecule has 0 amide bonds. The van der Waals surface area contributed by atoms with Gasteiger partial charge in [-0.25, -0.2) is 47.3 Å². The van der Waals surface area contributed by atoms with Crippen LogP contribution in [0.2, 0.25) is 51.4 Å². The molecule has 0 spiro atoms. The molecule has 0 fully saturated rings. The first kappa shape index (κ1) is 53.3. The number of fused-ring (bicyclic) bond motifs is 2. The Morgan fingerprint density at radius 1 is 0.700 bits per heavy atom. The van der Waals surface area contributed by atoms with Gasteiger partial charge in [0.2, 0.25) is 0 Å². The lowest BCUT2D eigenvalue weighted by Crippen LogP contribution is -2.22. The summed E-state index contributed by atoms with van der Waals surface area (Å²) in [5.74, 6) is -0.0965. The number of esters is 2. The fraction of sp³-hybridized carbons (Fsp3) is 0.378. The van der Waals surface area contributed by atoms with Crippen molar-refractivity contribution in [2.24, 2.45) is 0 Å². The molecule has 3 N–H and O–H groups in total. The van der Waals surface area contributed by atoms with Crippen LogP contribution in [0.3, 0.4) is 0 Å². The highest BCUT2D eigenvalue weighted by Crippen LogP contribution is 2.30. The zero-order chi connectivity index (χ0) is 51.0. The van der Waals surface area contributed by atoms with E-state index < -0.39 is 26.0 Å². The van der Waals surface area contributed by atoms with Crippen molar-refractivity contribution in [1.82, 2.24) is 48.3 Å². The van der Waals surface area contributed by atoms with Gasteiger partial charge >= 0.3 is 11.9 Å². The second kappa shape index (κ2) is 22.8. The number of carbonyl (C=O) groups excluding carboxylic acids is 2. The van der Waals surface area contributed by atoms with Gasteiger partial charge < -0.3 is 30.0 Å². The number of nitrogens with two attached hydrogens (primary N) is 1. The van der Waals surface area contributed by atoms with E-state index in [9.17, 15) is 18.0 Å². The topological polar surface area (TPSA) is 239 Å². The Kier molecular flexibility index (Phi) is 17.3. The monoisotopic (exact) mass is 1050 g/mol. The van der Waals surface area contributed by atoms with E-state index in [-0.39, 0.29) is 17.0 Å². The predicted molar refractivity (Wildman–Crippen MR) is 278 cm³/mol. The van der Waals surface area contributed by atoms with Crippen molar-refractivity contribution in [3.8, 4) is 22.5 Å². The van der Waals surface area contributed by atoms with Crippen molar-refractivity contribution in [2.45, 2.75) is 83.7 Å². The van der Waals surface area contributed by atoms with Crippen LogP contribution in [-0.2, 0) is 42.2 Å². The summed E-state index contributed by atoms with van der Waals surface area (Å²) in [6.07, 6.45) is 15.7. The van der Waals surface area contributed by atoms with Crippen LogP contribution in [0.25, 0.3) is 33.8 Å². The first-order chi connectivity index (χ1) is 33.0. The predicted octanol–water partition coefficient (Wildman–Crippen LogP) is 8.54. The maximum atomic E-state index is 12.0. The van der Waals surface area contributed by atoms with Crippen LogP contribution in [-0.4, -0.2) is 118 Å². The number of sulfone groups is 1. The van der Waals surface area contributed by atoms with E-state index in [1.165, 1.54) is 36.9 Å². The lowest BCUT2D eigenvalue weighted by molar-refractivity contribution is 0.0592.